The fraction of sp³-hybridized carbons (Fsp3) is 0.235. The third kappa shape index (κ3) is 5.41. The number of fused-ring (bicyclic) bond motifs is 1. The summed E-state index contributed by atoms with van der Waals surface area (Å²) in [7, 11) is 0. The van der Waals surface area contributed by atoms with Gasteiger partial charge in [0.1, 0.15) is 11.5 Å². The summed E-state index contributed by atoms with van der Waals surface area (Å²) in [6.45, 7) is 6.73. The van der Waals surface area contributed by atoms with Crippen LogP contribution in [0.2, 0.25) is 0 Å². The molecule has 0 N–H and O–H groups in total. The average molecular weight is 531 g/mol. The second-order valence-corrected chi connectivity index (χ2v) is 10.2. The van der Waals surface area contributed by atoms with E-state index in [0.29, 0.717) is 19.0 Å². The summed E-state index contributed by atoms with van der Waals surface area (Å²) in [5.41, 5.74) is 5.65. The van der Waals surface area contributed by atoms with Crippen molar-refractivity contribution in [2.24, 2.45) is 4.99 Å². The van der Waals surface area contributed by atoms with Gasteiger partial charge >= 0.3 is 0 Å². The van der Waals surface area contributed by atoms with Crippen molar-refractivity contribution in [2.75, 3.05) is 44.4 Å². The summed E-state index contributed by atoms with van der Waals surface area (Å²) >= 11 is 0. The molecule has 2 aliphatic heterocycles. The fourth-order valence-corrected chi connectivity index (χ4v) is 5.67. The lowest BCUT2D eigenvalue weighted by Gasteiger charge is -2.40. The minimum absolute atomic E-state index is 0.0519. The molecule has 0 aromatic heterocycles. The summed E-state index contributed by atoms with van der Waals surface area (Å²) in [5, 5.41) is 0. The van der Waals surface area contributed by atoms with E-state index in [1.54, 1.807) is 0 Å². The zero-order valence-corrected chi connectivity index (χ0v) is 22.8. The summed E-state index contributed by atoms with van der Waals surface area (Å²) < 4.78 is 5.55. The van der Waals surface area contributed by atoms with E-state index in [0.717, 1.165) is 48.9 Å². The highest BCUT2D eigenvalue weighted by Gasteiger charge is 2.36. The van der Waals surface area contributed by atoms with Crippen LogP contribution in [0.3, 0.4) is 0 Å². The molecule has 0 spiro atoms. The van der Waals surface area contributed by atoms with Crippen molar-refractivity contribution < 1.29 is 9.53 Å². The molecule has 2 aliphatic rings. The number of para-hydroxylation sites is 1. The highest BCUT2D eigenvalue weighted by molar-refractivity contribution is 6.54. The number of hydrogen-bond donors (Lipinski definition) is 0. The van der Waals surface area contributed by atoms with E-state index in [1.807, 2.05) is 60.4 Å². The van der Waals surface area contributed by atoms with Gasteiger partial charge in [-0.25, -0.2) is 4.99 Å². The molecule has 0 unspecified atom stereocenters. The first-order valence-electron chi connectivity index (χ1n) is 14.0. The number of hydrogen-bond acceptors (Lipinski definition) is 5. The van der Waals surface area contributed by atoms with Crippen LogP contribution in [0.4, 0.5) is 11.4 Å². The van der Waals surface area contributed by atoms with Crippen LogP contribution in [0.1, 0.15) is 29.7 Å². The van der Waals surface area contributed by atoms with Crippen LogP contribution in [0.5, 0.6) is 5.75 Å². The van der Waals surface area contributed by atoms with E-state index in [-0.39, 0.29) is 11.9 Å². The number of piperazine rings is 1. The number of ether oxygens (including phenoxy) is 1. The molecule has 1 saturated heterocycles. The number of carbonyl (C=O) groups excluding carboxylic acids is 1. The van der Waals surface area contributed by atoms with Crippen LogP contribution in [-0.4, -0.2) is 60.9 Å². The van der Waals surface area contributed by atoms with Gasteiger partial charge in [0.2, 0.25) is 0 Å². The molecule has 0 saturated carbocycles. The van der Waals surface area contributed by atoms with Gasteiger partial charge in [-0.1, -0.05) is 78.9 Å². The molecule has 2 heterocycles. The minimum Gasteiger partial charge on any atom is -0.494 e. The number of benzene rings is 4. The average Bonchev–Trinajstić information content (AvgIpc) is 3.26. The van der Waals surface area contributed by atoms with Gasteiger partial charge < -0.3 is 4.74 Å². The Morgan fingerprint density at radius 1 is 0.750 bits per heavy atom. The minimum atomic E-state index is -0.0519. The van der Waals surface area contributed by atoms with Gasteiger partial charge in [-0.2, -0.15) is 0 Å². The molecule has 202 valence electrons. The number of nitrogens with zero attached hydrogens (tertiary/aromatic N) is 4. The van der Waals surface area contributed by atoms with Gasteiger partial charge in [-0.05, 0) is 48.4 Å². The van der Waals surface area contributed by atoms with Crippen LogP contribution in [0.15, 0.2) is 114 Å². The maximum Gasteiger partial charge on any atom is 0.278 e. The van der Waals surface area contributed by atoms with Gasteiger partial charge in [-0.3, -0.25) is 19.5 Å². The van der Waals surface area contributed by atoms with Gasteiger partial charge in [0.05, 0.1) is 30.7 Å². The van der Waals surface area contributed by atoms with Crippen molar-refractivity contribution in [1.29, 1.82) is 0 Å². The van der Waals surface area contributed by atoms with Crippen LogP contribution in [0.25, 0.3) is 0 Å². The quantitative estimate of drug-likeness (QED) is 0.284. The Balaban J connectivity index is 1.18. The lowest BCUT2D eigenvalue weighted by atomic mass is 9.96. The van der Waals surface area contributed by atoms with Crippen LogP contribution in [0, 0.1) is 0 Å². The lowest BCUT2D eigenvalue weighted by Crippen LogP contribution is -2.51. The number of rotatable bonds is 8. The monoisotopic (exact) mass is 530 g/mol. The van der Waals surface area contributed by atoms with Crippen LogP contribution in [-0.2, 0) is 4.79 Å². The molecule has 0 bridgehead atoms. The molecule has 6 rings (SSSR count). The molecular formula is C34H34N4O2. The maximum absolute atomic E-state index is 13.7. The highest BCUT2D eigenvalue weighted by atomic mass is 16.5. The van der Waals surface area contributed by atoms with Crippen molar-refractivity contribution in [3.05, 3.63) is 126 Å². The SMILES string of the molecule is CCOc1ccc(N=C2C(=O)N(CN3CCN(C(c4ccccc4)c4ccccc4)CC3)c3ccccc32)cc1. The maximum atomic E-state index is 13.7. The number of amides is 1. The van der Waals surface area contributed by atoms with Crippen molar-refractivity contribution in [1.82, 2.24) is 9.80 Å². The third-order valence-corrected chi connectivity index (χ3v) is 7.63. The Bertz CT molecular complexity index is 1420. The first kappa shape index (κ1) is 26.0. The van der Waals surface area contributed by atoms with Crippen molar-refractivity contribution in [3.63, 3.8) is 0 Å². The van der Waals surface area contributed by atoms with E-state index in [9.17, 15) is 4.79 Å². The molecule has 6 nitrogen and oxygen atoms in total. The fourth-order valence-electron chi connectivity index (χ4n) is 5.67. The second kappa shape index (κ2) is 11.9. The van der Waals surface area contributed by atoms with Gasteiger partial charge in [0, 0.05) is 31.7 Å². The molecule has 1 fully saturated rings. The molecule has 40 heavy (non-hydrogen) atoms. The summed E-state index contributed by atoms with van der Waals surface area (Å²) in [6.07, 6.45) is 0. The number of aliphatic imine (C=N–C) groups is 1. The summed E-state index contributed by atoms with van der Waals surface area (Å²) in [6, 6.07) is 37.2. The van der Waals surface area contributed by atoms with Crippen LogP contribution >= 0.6 is 0 Å². The summed E-state index contributed by atoms with van der Waals surface area (Å²) in [4.78, 5) is 25.3. The van der Waals surface area contributed by atoms with Crippen LogP contribution < -0.4 is 9.64 Å². The predicted octanol–water partition coefficient (Wildman–Crippen LogP) is 5.92. The normalized spacial score (nSPS) is 17.0. The number of anilines is 1. The van der Waals surface area contributed by atoms with E-state index in [2.05, 4.69) is 70.5 Å². The Kier molecular flexibility index (Phi) is 7.71. The predicted molar refractivity (Wildman–Crippen MR) is 160 cm³/mol. The standard InChI is InChI=1S/C34H34N4O2/c1-2-40-29-19-17-28(18-20-29)35-32-30-15-9-10-16-31(30)38(34(32)39)25-36-21-23-37(24-22-36)33(26-11-5-3-6-12-26)27-13-7-4-8-14-27/h3-20,33H,2,21-25H2,1H3. The Morgan fingerprint density at radius 2 is 1.35 bits per heavy atom. The molecule has 1 amide bonds. The van der Waals surface area contributed by atoms with E-state index >= 15 is 0 Å². The topological polar surface area (TPSA) is 48.4 Å². The molecule has 4 aromatic rings. The van der Waals surface area contributed by atoms with Crippen molar-refractivity contribution in [3.8, 4) is 5.75 Å². The molecule has 0 atom stereocenters. The Labute approximate surface area is 236 Å². The highest BCUT2D eigenvalue weighted by Crippen LogP contribution is 2.33. The molecule has 6 heteroatoms. The molecule has 0 radical (unpaired) electrons. The number of carbonyl (C=O) groups is 1. The zero-order valence-electron chi connectivity index (χ0n) is 22.8. The second-order valence-electron chi connectivity index (χ2n) is 10.2. The van der Waals surface area contributed by atoms with E-state index in [1.165, 1.54) is 11.1 Å². The summed E-state index contributed by atoms with van der Waals surface area (Å²) in [5.74, 6) is 0.746. The lowest BCUT2D eigenvalue weighted by molar-refractivity contribution is -0.112. The zero-order chi connectivity index (χ0) is 27.3. The van der Waals surface area contributed by atoms with Crippen molar-refractivity contribution >= 4 is 23.0 Å². The largest absolute Gasteiger partial charge is 0.494 e. The third-order valence-electron chi connectivity index (χ3n) is 7.63. The molecule has 0 aliphatic carbocycles. The Hall–Kier alpha value is -4.26. The molecular weight excluding hydrogens is 496 g/mol. The first-order valence-corrected chi connectivity index (χ1v) is 14.0. The van der Waals surface area contributed by atoms with E-state index in [4.69, 9.17) is 9.73 Å². The Morgan fingerprint density at radius 3 is 1.98 bits per heavy atom. The first-order chi connectivity index (χ1) is 19.7. The smallest absolute Gasteiger partial charge is 0.278 e. The van der Waals surface area contributed by atoms with E-state index < -0.39 is 0 Å². The van der Waals surface area contributed by atoms with Crippen molar-refractivity contribution in [2.45, 2.75) is 13.0 Å². The van der Waals surface area contributed by atoms with Gasteiger partial charge in [-0.15, -0.1) is 0 Å². The van der Waals surface area contributed by atoms with Gasteiger partial charge in [0.15, 0.2) is 0 Å². The van der Waals surface area contributed by atoms with Gasteiger partial charge in [0.25, 0.3) is 5.91 Å². The molecule has 4 aromatic carbocycles.